The van der Waals surface area contributed by atoms with Gasteiger partial charge in [0, 0.05) is 32.8 Å². The van der Waals surface area contributed by atoms with E-state index in [0.29, 0.717) is 13.2 Å². The van der Waals surface area contributed by atoms with Crippen LogP contribution in [0.2, 0.25) is 0 Å². The number of guanidine groups is 1. The first-order valence-electron chi connectivity index (χ1n) is 9.69. The van der Waals surface area contributed by atoms with Gasteiger partial charge in [-0.2, -0.15) is 0 Å². The highest BCUT2D eigenvalue weighted by molar-refractivity contribution is 14.0. The van der Waals surface area contributed by atoms with Gasteiger partial charge in [0.15, 0.2) is 5.96 Å². The Labute approximate surface area is 184 Å². The van der Waals surface area contributed by atoms with Crippen LogP contribution < -0.4 is 14.8 Å². The molecule has 0 aliphatic carbocycles. The van der Waals surface area contributed by atoms with Crippen molar-refractivity contribution < 1.29 is 18.9 Å². The summed E-state index contributed by atoms with van der Waals surface area (Å²) in [4.78, 5) is 6.68. The molecule has 0 saturated carbocycles. The topological polar surface area (TPSA) is 64.6 Å². The molecule has 3 unspecified atom stereocenters. The summed E-state index contributed by atoms with van der Waals surface area (Å²) < 4.78 is 22.9. The summed E-state index contributed by atoms with van der Waals surface area (Å²) in [5.74, 6) is 2.46. The fourth-order valence-electron chi connectivity index (χ4n) is 3.50. The monoisotopic (exact) mass is 505 g/mol. The molecule has 0 bridgehead atoms. The molecule has 0 aromatic heterocycles. The summed E-state index contributed by atoms with van der Waals surface area (Å²) in [5, 5.41) is 3.42. The third-order valence-electron chi connectivity index (χ3n) is 4.91. The fraction of sp³-hybridized carbons (Fsp3) is 0.650. The Hall–Kier alpha value is -1.26. The number of nitrogens with one attached hydrogen (secondary N) is 1. The van der Waals surface area contributed by atoms with Crippen molar-refractivity contribution in [3.63, 3.8) is 0 Å². The largest absolute Gasteiger partial charge is 0.497 e. The van der Waals surface area contributed by atoms with E-state index in [1.165, 1.54) is 0 Å². The van der Waals surface area contributed by atoms with Crippen LogP contribution >= 0.6 is 24.0 Å². The number of hydrogen-bond acceptors (Lipinski definition) is 5. The zero-order valence-electron chi connectivity index (χ0n) is 16.9. The van der Waals surface area contributed by atoms with Gasteiger partial charge < -0.3 is 29.2 Å². The highest BCUT2D eigenvalue weighted by Crippen LogP contribution is 2.21. The van der Waals surface area contributed by atoms with Crippen LogP contribution in [0, 0.1) is 0 Å². The van der Waals surface area contributed by atoms with E-state index >= 15 is 0 Å². The minimum atomic E-state index is -0.0103. The number of nitrogens with zero attached hydrogens (tertiary/aromatic N) is 2. The second kappa shape index (κ2) is 11.7. The molecular weight excluding hydrogens is 473 g/mol. The van der Waals surface area contributed by atoms with Crippen molar-refractivity contribution in [2.24, 2.45) is 4.99 Å². The zero-order valence-corrected chi connectivity index (χ0v) is 19.3. The molecule has 2 aliphatic rings. The van der Waals surface area contributed by atoms with Gasteiger partial charge in [-0.25, -0.2) is 0 Å². The fourth-order valence-corrected chi connectivity index (χ4v) is 3.50. The molecule has 0 amide bonds. The molecule has 3 rings (SSSR count). The lowest BCUT2D eigenvalue weighted by atomic mass is 10.1. The predicted octanol–water partition coefficient (Wildman–Crippen LogP) is 2.54. The third kappa shape index (κ3) is 6.38. The first-order valence-corrected chi connectivity index (χ1v) is 9.69. The van der Waals surface area contributed by atoms with Gasteiger partial charge in [-0.1, -0.05) is 6.07 Å². The minimum Gasteiger partial charge on any atom is -0.497 e. The number of morpholine rings is 1. The number of halogens is 1. The van der Waals surface area contributed by atoms with E-state index in [0.717, 1.165) is 50.0 Å². The average Bonchev–Trinajstić information content (AvgIpc) is 3.24. The Morgan fingerprint density at radius 2 is 2.07 bits per heavy atom. The highest BCUT2D eigenvalue weighted by Gasteiger charge is 2.32. The van der Waals surface area contributed by atoms with Gasteiger partial charge in [0.25, 0.3) is 0 Å². The lowest BCUT2D eigenvalue weighted by Crippen LogP contribution is -2.54. The van der Waals surface area contributed by atoms with Gasteiger partial charge in [0.05, 0.1) is 26.4 Å². The number of benzene rings is 1. The molecule has 7 nitrogen and oxygen atoms in total. The molecule has 2 heterocycles. The Morgan fingerprint density at radius 3 is 2.79 bits per heavy atom. The Morgan fingerprint density at radius 1 is 1.29 bits per heavy atom. The van der Waals surface area contributed by atoms with Gasteiger partial charge in [0.2, 0.25) is 0 Å². The maximum absolute atomic E-state index is 5.98. The molecule has 0 radical (unpaired) electrons. The van der Waals surface area contributed by atoms with Gasteiger partial charge in [-0.05, 0) is 31.9 Å². The normalized spacial score (nSPS) is 23.7. The standard InChI is InChI=1S/C20H31N3O4.HI/c1-15(27-17-7-4-6-16(12-17)24-3)13-22-20(21-2)23-9-11-26-19(14-23)18-8-5-10-25-18;/h4,6-7,12,15,18-19H,5,8-11,13-14H2,1-3H3,(H,21,22);1H. The molecule has 2 saturated heterocycles. The second-order valence-corrected chi connectivity index (χ2v) is 6.94. The minimum absolute atomic E-state index is 0. The summed E-state index contributed by atoms with van der Waals surface area (Å²) >= 11 is 0. The summed E-state index contributed by atoms with van der Waals surface area (Å²) in [5.41, 5.74) is 0. The van der Waals surface area contributed by atoms with Crippen molar-refractivity contribution in [3.8, 4) is 11.5 Å². The molecule has 28 heavy (non-hydrogen) atoms. The lowest BCUT2D eigenvalue weighted by Gasteiger charge is -2.37. The van der Waals surface area contributed by atoms with Crippen LogP contribution in [0.25, 0.3) is 0 Å². The quantitative estimate of drug-likeness (QED) is 0.365. The first-order chi connectivity index (χ1) is 13.2. The van der Waals surface area contributed by atoms with Crippen LogP contribution in [-0.2, 0) is 9.47 Å². The van der Waals surface area contributed by atoms with E-state index in [9.17, 15) is 0 Å². The highest BCUT2D eigenvalue weighted by atomic mass is 127. The van der Waals surface area contributed by atoms with E-state index in [1.54, 1.807) is 7.11 Å². The van der Waals surface area contributed by atoms with Gasteiger partial charge in [-0.3, -0.25) is 4.99 Å². The van der Waals surface area contributed by atoms with Crippen LogP contribution in [0.3, 0.4) is 0 Å². The van der Waals surface area contributed by atoms with Gasteiger partial charge >= 0.3 is 0 Å². The van der Waals surface area contributed by atoms with Crippen LogP contribution in [0.1, 0.15) is 19.8 Å². The van der Waals surface area contributed by atoms with Crippen LogP contribution in [-0.4, -0.2) is 76.2 Å². The van der Waals surface area contributed by atoms with E-state index in [2.05, 4.69) is 15.2 Å². The molecule has 0 spiro atoms. The molecule has 1 aromatic carbocycles. The summed E-state index contributed by atoms with van der Waals surface area (Å²) in [7, 11) is 3.47. The molecule has 2 aliphatic heterocycles. The number of hydrogen-bond donors (Lipinski definition) is 1. The van der Waals surface area contributed by atoms with Crippen molar-refractivity contribution in [1.82, 2.24) is 10.2 Å². The Bertz CT molecular complexity index is 625. The molecule has 2 fully saturated rings. The number of ether oxygens (including phenoxy) is 4. The van der Waals surface area contributed by atoms with Gasteiger partial charge in [-0.15, -0.1) is 24.0 Å². The van der Waals surface area contributed by atoms with Crippen molar-refractivity contribution in [2.45, 2.75) is 38.1 Å². The second-order valence-electron chi connectivity index (χ2n) is 6.94. The number of aliphatic imine (C=N–C) groups is 1. The van der Waals surface area contributed by atoms with E-state index < -0.39 is 0 Å². The number of methoxy groups -OCH3 is 1. The molecule has 8 heteroatoms. The van der Waals surface area contributed by atoms with Gasteiger partial charge in [0.1, 0.15) is 23.7 Å². The molecule has 3 atom stereocenters. The first kappa shape index (κ1) is 23.0. The Balaban J connectivity index is 0.00000280. The smallest absolute Gasteiger partial charge is 0.193 e. The predicted molar refractivity (Wildman–Crippen MR) is 120 cm³/mol. The third-order valence-corrected chi connectivity index (χ3v) is 4.91. The van der Waals surface area contributed by atoms with Crippen LogP contribution in [0.15, 0.2) is 29.3 Å². The molecular formula is C20H32IN3O4. The maximum Gasteiger partial charge on any atom is 0.193 e. The van der Waals surface area contributed by atoms with E-state index in [4.69, 9.17) is 18.9 Å². The number of rotatable bonds is 6. The molecule has 158 valence electrons. The lowest BCUT2D eigenvalue weighted by molar-refractivity contribution is -0.0817. The van der Waals surface area contributed by atoms with Crippen molar-refractivity contribution in [3.05, 3.63) is 24.3 Å². The molecule has 1 N–H and O–H groups in total. The van der Waals surface area contributed by atoms with Crippen LogP contribution in [0.4, 0.5) is 0 Å². The average molecular weight is 505 g/mol. The van der Waals surface area contributed by atoms with E-state index in [-0.39, 0.29) is 42.3 Å². The van der Waals surface area contributed by atoms with Crippen molar-refractivity contribution >= 4 is 29.9 Å². The maximum atomic E-state index is 5.98. The van der Waals surface area contributed by atoms with Crippen molar-refractivity contribution in [1.29, 1.82) is 0 Å². The van der Waals surface area contributed by atoms with Crippen molar-refractivity contribution in [2.75, 3.05) is 47.0 Å². The molecule has 1 aromatic rings. The summed E-state index contributed by atoms with van der Waals surface area (Å²) in [6, 6.07) is 7.65. The van der Waals surface area contributed by atoms with E-state index in [1.807, 2.05) is 38.2 Å². The Kier molecular flexibility index (Phi) is 9.60. The summed E-state index contributed by atoms with van der Waals surface area (Å²) in [6.45, 7) is 5.86. The summed E-state index contributed by atoms with van der Waals surface area (Å²) in [6.07, 6.45) is 2.52. The van der Waals surface area contributed by atoms with Crippen LogP contribution in [0.5, 0.6) is 11.5 Å². The zero-order chi connectivity index (χ0) is 19.1. The SMILES string of the molecule is CN=C(NCC(C)Oc1cccc(OC)c1)N1CCOC(C2CCCO2)C1.I.